The first-order valence-corrected chi connectivity index (χ1v) is 8.66. The van der Waals surface area contributed by atoms with Gasteiger partial charge in [0.05, 0.1) is 0 Å². The van der Waals surface area contributed by atoms with Crippen LogP contribution in [0.15, 0.2) is 28.7 Å². The van der Waals surface area contributed by atoms with Crippen LogP contribution in [0.5, 0.6) is 0 Å². The smallest absolute Gasteiger partial charge is 0.251 e. The molecule has 0 heterocycles. The Morgan fingerprint density at radius 3 is 2.37 bits per heavy atom. The minimum Gasteiger partial charge on any atom is -0.351 e. The Balaban J connectivity index is 1.93. The molecule has 2 nitrogen and oxygen atoms in total. The van der Waals surface area contributed by atoms with Crippen molar-refractivity contribution in [1.82, 2.24) is 5.32 Å². The van der Waals surface area contributed by atoms with Gasteiger partial charge < -0.3 is 5.32 Å². The zero-order valence-corrected chi connectivity index (χ0v) is 14.1. The highest BCUT2D eigenvalue weighted by Gasteiger charge is 2.31. The van der Waals surface area contributed by atoms with Gasteiger partial charge in [-0.15, -0.1) is 0 Å². The first-order chi connectivity index (χ1) is 9.15. The van der Waals surface area contributed by atoms with Crippen molar-refractivity contribution >= 4 is 37.8 Å². The molecule has 1 aromatic rings. The predicted molar refractivity (Wildman–Crippen MR) is 85.8 cm³/mol. The molecule has 0 bridgehead atoms. The van der Waals surface area contributed by atoms with Crippen LogP contribution < -0.4 is 5.32 Å². The molecule has 1 aromatic carbocycles. The van der Waals surface area contributed by atoms with Gasteiger partial charge in [0, 0.05) is 21.9 Å². The largest absolute Gasteiger partial charge is 0.351 e. The zero-order valence-electron chi connectivity index (χ0n) is 10.9. The van der Waals surface area contributed by atoms with Crippen LogP contribution in [0.1, 0.15) is 42.5 Å². The molecule has 0 aliphatic heterocycles. The molecular formula is C15H19Br2NO. The van der Waals surface area contributed by atoms with Crippen molar-refractivity contribution in [2.24, 2.45) is 5.41 Å². The third-order valence-electron chi connectivity index (χ3n) is 3.93. The molecule has 0 radical (unpaired) electrons. The van der Waals surface area contributed by atoms with Crippen LogP contribution in [-0.2, 0) is 0 Å². The van der Waals surface area contributed by atoms with Gasteiger partial charge in [0.2, 0.25) is 0 Å². The second-order valence-corrected chi connectivity index (χ2v) is 6.86. The Morgan fingerprint density at radius 1 is 1.16 bits per heavy atom. The number of carbonyl (C=O) groups excluding carboxylic acids is 1. The topological polar surface area (TPSA) is 29.1 Å². The van der Waals surface area contributed by atoms with Crippen molar-refractivity contribution in [2.75, 3.05) is 11.9 Å². The lowest BCUT2D eigenvalue weighted by Gasteiger charge is -2.35. The van der Waals surface area contributed by atoms with Gasteiger partial charge in [-0.25, -0.2) is 0 Å². The van der Waals surface area contributed by atoms with Crippen LogP contribution in [-0.4, -0.2) is 17.8 Å². The van der Waals surface area contributed by atoms with Crippen molar-refractivity contribution in [2.45, 2.75) is 32.1 Å². The van der Waals surface area contributed by atoms with Gasteiger partial charge in [0.25, 0.3) is 5.91 Å². The summed E-state index contributed by atoms with van der Waals surface area (Å²) in [6.07, 6.45) is 6.30. The number of amides is 1. The maximum atomic E-state index is 12.1. The van der Waals surface area contributed by atoms with Gasteiger partial charge >= 0.3 is 0 Å². The lowest BCUT2D eigenvalue weighted by molar-refractivity contribution is 0.0922. The van der Waals surface area contributed by atoms with Crippen molar-refractivity contribution in [1.29, 1.82) is 0 Å². The number of hydrogen-bond donors (Lipinski definition) is 1. The molecular weight excluding hydrogens is 370 g/mol. The fourth-order valence-corrected chi connectivity index (χ4v) is 3.65. The van der Waals surface area contributed by atoms with E-state index in [0.717, 1.165) is 21.9 Å². The summed E-state index contributed by atoms with van der Waals surface area (Å²) < 4.78 is 0.994. The Morgan fingerprint density at radius 2 is 1.79 bits per heavy atom. The van der Waals surface area contributed by atoms with E-state index in [-0.39, 0.29) is 11.3 Å². The van der Waals surface area contributed by atoms with Gasteiger partial charge in [-0.1, -0.05) is 51.1 Å². The lowest BCUT2D eigenvalue weighted by Crippen LogP contribution is -2.40. The van der Waals surface area contributed by atoms with Crippen molar-refractivity contribution in [3.8, 4) is 0 Å². The fourth-order valence-electron chi connectivity index (χ4n) is 2.63. The maximum Gasteiger partial charge on any atom is 0.251 e. The standard InChI is InChI=1S/C15H19Br2NO/c16-10-15(8-2-1-3-9-15)11-18-14(19)12-4-6-13(17)7-5-12/h4-7H,1-3,8-11H2,(H,18,19). The summed E-state index contributed by atoms with van der Waals surface area (Å²) in [7, 11) is 0. The summed E-state index contributed by atoms with van der Waals surface area (Å²) in [5.41, 5.74) is 0.979. The third-order valence-corrected chi connectivity index (χ3v) is 5.65. The summed E-state index contributed by atoms with van der Waals surface area (Å²) in [5, 5.41) is 4.07. The monoisotopic (exact) mass is 387 g/mol. The van der Waals surface area contributed by atoms with Crippen LogP contribution in [0.3, 0.4) is 0 Å². The van der Waals surface area contributed by atoms with E-state index in [4.69, 9.17) is 0 Å². The summed E-state index contributed by atoms with van der Waals surface area (Å²) >= 11 is 7.00. The Kier molecular flexibility index (Phi) is 5.46. The molecule has 1 aliphatic carbocycles. The molecule has 19 heavy (non-hydrogen) atoms. The SMILES string of the molecule is O=C(NCC1(CBr)CCCCC1)c1ccc(Br)cc1. The molecule has 1 aliphatic rings. The van der Waals surface area contributed by atoms with Crippen molar-refractivity contribution < 1.29 is 4.79 Å². The van der Waals surface area contributed by atoms with E-state index in [1.807, 2.05) is 24.3 Å². The van der Waals surface area contributed by atoms with Gasteiger partial charge in [0.15, 0.2) is 0 Å². The van der Waals surface area contributed by atoms with Crippen LogP contribution in [0.25, 0.3) is 0 Å². The fraction of sp³-hybridized carbons (Fsp3) is 0.533. The van der Waals surface area contributed by atoms with Crippen LogP contribution in [0.2, 0.25) is 0 Å². The molecule has 0 unspecified atom stereocenters. The van der Waals surface area contributed by atoms with E-state index in [9.17, 15) is 4.79 Å². The number of nitrogens with one attached hydrogen (secondary N) is 1. The second-order valence-electron chi connectivity index (χ2n) is 5.38. The molecule has 0 saturated heterocycles. The lowest BCUT2D eigenvalue weighted by atomic mass is 9.75. The van der Waals surface area contributed by atoms with E-state index < -0.39 is 0 Å². The Bertz CT molecular complexity index is 424. The summed E-state index contributed by atoms with van der Waals surface area (Å²) in [4.78, 5) is 12.1. The van der Waals surface area contributed by atoms with Gasteiger partial charge in [-0.3, -0.25) is 4.79 Å². The van der Waals surface area contributed by atoms with Gasteiger partial charge in [0.1, 0.15) is 0 Å². The molecule has 0 aromatic heterocycles. The molecule has 4 heteroatoms. The second kappa shape index (κ2) is 6.89. The highest BCUT2D eigenvalue weighted by atomic mass is 79.9. The predicted octanol–water partition coefficient (Wildman–Crippen LogP) is 4.52. The molecule has 1 amide bonds. The average molecular weight is 389 g/mol. The number of benzene rings is 1. The highest BCUT2D eigenvalue weighted by Crippen LogP contribution is 2.37. The number of hydrogen-bond acceptors (Lipinski definition) is 1. The van der Waals surface area contributed by atoms with Gasteiger partial charge in [-0.05, 0) is 42.5 Å². The molecule has 1 N–H and O–H groups in total. The molecule has 104 valence electrons. The van der Waals surface area contributed by atoms with Crippen molar-refractivity contribution in [3.63, 3.8) is 0 Å². The number of halogens is 2. The Hall–Kier alpha value is -0.350. The minimum absolute atomic E-state index is 0.0263. The van der Waals surface area contributed by atoms with Gasteiger partial charge in [-0.2, -0.15) is 0 Å². The third kappa shape index (κ3) is 4.06. The summed E-state index contributed by atoms with van der Waals surface area (Å²) in [5.74, 6) is 0.0263. The minimum atomic E-state index is 0.0263. The Labute approximate surface area is 131 Å². The number of rotatable bonds is 4. The highest BCUT2D eigenvalue weighted by molar-refractivity contribution is 9.10. The number of alkyl halides is 1. The van der Waals surface area contributed by atoms with Crippen molar-refractivity contribution in [3.05, 3.63) is 34.3 Å². The first kappa shape index (κ1) is 15.0. The van der Waals surface area contributed by atoms with Crippen LogP contribution >= 0.6 is 31.9 Å². The quantitative estimate of drug-likeness (QED) is 0.754. The summed E-state index contributed by atoms with van der Waals surface area (Å²) in [6, 6.07) is 7.49. The summed E-state index contributed by atoms with van der Waals surface area (Å²) in [6.45, 7) is 0.771. The van der Waals surface area contributed by atoms with E-state index in [1.165, 1.54) is 32.1 Å². The van der Waals surface area contributed by atoms with Crippen LogP contribution in [0, 0.1) is 5.41 Å². The molecule has 2 rings (SSSR count). The van der Waals surface area contributed by atoms with Crippen LogP contribution in [0.4, 0.5) is 0 Å². The molecule has 0 spiro atoms. The molecule has 0 atom stereocenters. The normalized spacial score (nSPS) is 18.0. The van der Waals surface area contributed by atoms with E-state index in [1.54, 1.807) is 0 Å². The van der Waals surface area contributed by atoms with E-state index in [2.05, 4.69) is 37.2 Å². The van der Waals surface area contributed by atoms with E-state index >= 15 is 0 Å². The van der Waals surface area contributed by atoms with E-state index in [0.29, 0.717) is 0 Å². The first-order valence-electron chi connectivity index (χ1n) is 6.75. The molecule has 1 fully saturated rings. The number of carbonyl (C=O) groups is 1. The average Bonchev–Trinajstić information content (AvgIpc) is 2.46. The molecule has 1 saturated carbocycles. The zero-order chi connectivity index (χ0) is 13.7. The maximum absolute atomic E-state index is 12.1.